The molecule has 0 aliphatic rings. The molecule has 0 radical (unpaired) electrons. The van der Waals surface area contributed by atoms with Crippen molar-refractivity contribution in [3.63, 3.8) is 0 Å². The lowest BCUT2D eigenvalue weighted by Crippen LogP contribution is -1.76. The molecular weight excluding hydrogens is 276 g/mol. The third-order valence-corrected chi connectivity index (χ3v) is 3.00. The Morgan fingerprint density at radius 2 is 1.14 bits per heavy atom. The molecule has 0 saturated carbocycles. The average molecular weight is 290 g/mol. The minimum atomic E-state index is 0.663. The van der Waals surface area contributed by atoms with Crippen LogP contribution >= 0.6 is 0 Å². The second kappa shape index (κ2) is 6.99. The Hall–Kier alpha value is -3.20. The first-order valence-corrected chi connectivity index (χ1v) is 6.52. The van der Waals surface area contributed by atoms with Crippen molar-refractivity contribution in [2.75, 3.05) is 0 Å². The normalized spacial score (nSPS) is 10.1. The number of nitrogens with zero attached hydrogens (tertiary/aromatic N) is 4. The fraction of sp³-hybridized carbons (Fsp3) is 0.125. The van der Waals surface area contributed by atoms with Gasteiger partial charge >= 0.3 is 0 Å². The van der Waals surface area contributed by atoms with Gasteiger partial charge in [0.15, 0.2) is 0 Å². The molecule has 22 heavy (non-hydrogen) atoms. The van der Waals surface area contributed by atoms with Crippen LogP contribution in [0.3, 0.4) is 0 Å². The summed E-state index contributed by atoms with van der Waals surface area (Å²) < 4.78 is 0. The molecule has 6 heteroatoms. The molecule has 0 heterocycles. The summed E-state index contributed by atoms with van der Waals surface area (Å²) in [5.41, 5.74) is 4.65. The maximum Gasteiger partial charge on any atom is 0.0918 e. The van der Waals surface area contributed by atoms with E-state index in [1.165, 1.54) is 0 Å². The number of aryl methyl sites for hydroxylation is 2. The zero-order valence-electron chi connectivity index (χ0n) is 12.3. The van der Waals surface area contributed by atoms with E-state index in [1.807, 2.05) is 38.0 Å². The maximum absolute atomic E-state index is 6.85. The Kier molecular flexibility index (Phi) is 4.83. The van der Waals surface area contributed by atoms with Gasteiger partial charge in [-0.2, -0.15) is 20.2 Å². The zero-order chi connectivity index (χ0) is 15.9. The SMILES string of the molecule is Cc1cc(N=C=N)ccc1N=Nc1ccc(N=C=N)cc1C. The van der Waals surface area contributed by atoms with Crippen molar-refractivity contribution >= 4 is 34.8 Å². The number of benzene rings is 2. The van der Waals surface area contributed by atoms with Gasteiger partial charge in [0.2, 0.25) is 0 Å². The molecule has 0 aliphatic carbocycles. The van der Waals surface area contributed by atoms with Crippen LogP contribution in [0.2, 0.25) is 0 Å². The van der Waals surface area contributed by atoms with Crippen molar-refractivity contribution in [2.45, 2.75) is 13.8 Å². The molecule has 0 spiro atoms. The lowest BCUT2D eigenvalue weighted by atomic mass is 10.2. The molecule has 2 rings (SSSR count). The molecule has 2 N–H and O–H groups in total. The molecule has 0 fully saturated rings. The Morgan fingerprint density at radius 3 is 1.45 bits per heavy atom. The highest BCUT2D eigenvalue weighted by Gasteiger charge is 2.01. The van der Waals surface area contributed by atoms with Crippen LogP contribution in [0.4, 0.5) is 22.7 Å². The van der Waals surface area contributed by atoms with Crippen molar-refractivity contribution in [2.24, 2.45) is 20.2 Å². The Morgan fingerprint density at radius 1 is 0.727 bits per heavy atom. The number of aliphatic imine (C=N–C) groups is 2. The molecule has 108 valence electrons. The molecule has 0 bridgehead atoms. The van der Waals surface area contributed by atoms with Gasteiger partial charge in [0.1, 0.15) is 0 Å². The molecule has 0 atom stereocenters. The summed E-state index contributed by atoms with van der Waals surface area (Å²) >= 11 is 0. The summed E-state index contributed by atoms with van der Waals surface area (Å²) in [7, 11) is 0. The Balaban J connectivity index is 2.28. The van der Waals surface area contributed by atoms with Crippen LogP contribution in [-0.4, -0.2) is 12.0 Å². The van der Waals surface area contributed by atoms with Gasteiger partial charge in [-0.05, 0) is 61.4 Å². The van der Waals surface area contributed by atoms with Crippen LogP contribution in [0.25, 0.3) is 0 Å². The fourth-order valence-electron chi connectivity index (χ4n) is 1.88. The average Bonchev–Trinajstić information content (AvgIpc) is 2.49. The Labute approximate surface area is 128 Å². The summed E-state index contributed by atoms with van der Waals surface area (Å²) in [5, 5.41) is 22.2. The summed E-state index contributed by atoms with van der Waals surface area (Å²) in [5.74, 6) is 0. The van der Waals surface area contributed by atoms with Gasteiger partial charge in [0.05, 0.1) is 34.8 Å². The molecule has 0 amide bonds. The lowest BCUT2D eigenvalue weighted by Gasteiger charge is -2.02. The monoisotopic (exact) mass is 290 g/mol. The van der Waals surface area contributed by atoms with Gasteiger partial charge in [-0.15, -0.1) is 0 Å². The van der Waals surface area contributed by atoms with E-state index in [2.05, 4.69) is 20.2 Å². The highest BCUT2D eigenvalue weighted by Crippen LogP contribution is 2.28. The van der Waals surface area contributed by atoms with Gasteiger partial charge < -0.3 is 0 Å². The van der Waals surface area contributed by atoms with E-state index in [-0.39, 0.29) is 0 Å². The van der Waals surface area contributed by atoms with Gasteiger partial charge in [0.25, 0.3) is 0 Å². The van der Waals surface area contributed by atoms with Gasteiger partial charge in [0, 0.05) is 0 Å². The molecule has 2 aromatic carbocycles. The number of hydrogen-bond acceptors (Lipinski definition) is 6. The number of nitrogens with one attached hydrogen (secondary N) is 2. The van der Waals surface area contributed by atoms with Gasteiger partial charge in [-0.25, -0.2) is 10.8 Å². The first kappa shape index (κ1) is 15.2. The molecule has 0 unspecified atom stereocenters. The van der Waals surface area contributed by atoms with Crippen LogP contribution in [-0.2, 0) is 0 Å². The summed E-state index contributed by atoms with van der Waals surface area (Å²) in [6, 6.07) is 14.8. The predicted octanol–water partition coefficient (Wildman–Crippen LogP) is 5.49. The number of rotatable bonds is 4. The van der Waals surface area contributed by atoms with Crippen LogP contribution < -0.4 is 0 Å². The highest BCUT2D eigenvalue weighted by molar-refractivity contribution is 5.59. The van der Waals surface area contributed by atoms with E-state index in [0.717, 1.165) is 22.5 Å². The van der Waals surface area contributed by atoms with Crippen molar-refractivity contribution in [1.82, 2.24) is 0 Å². The first-order chi connectivity index (χ1) is 10.6. The van der Waals surface area contributed by atoms with E-state index in [9.17, 15) is 0 Å². The standard InChI is InChI=1S/C16H14N6/c1-11-7-13(19-9-17)3-5-15(11)21-22-16-6-4-14(20-10-18)8-12(16)2/h3-8,17-18H,1-2H3. The van der Waals surface area contributed by atoms with E-state index < -0.39 is 0 Å². The fourth-order valence-corrected chi connectivity index (χ4v) is 1.88. The smallest absolute Gasteiger partial charge is 0.0918 e. The third-order valence-electron chi connectivity index (χ3n) is 3.00. The van der Waals surface area contributed by atoms with Crippen LogP contribution in [0.15, 0.2) is 56.6 Å². The van der Waals surface area contributed by atoms with Crippen LogP contribution in [0.5, 0.6) is 0 Å². The molecule has 6 nitrogen and oxygen atoms in total. The van der Waals surface area contributed by atoms with E-state index >= 15 is 0 Å². The lowest BCUT2D eigenvalue weighted by molar-refractivity contribution is 1.19. The summed E-state index contributed by atoms with van der Waals surface area (Å²) in [6.07, 6.45) is 0. The zero-order valence-corrected chi connectivity index (χ0v) is 12.3. The molecule has 0 aromatic heterocycles. The topological polar surface area (TPSA) is 97.1 Å². The molecule has 2 aromatic rings. The summed E-state index contributed by atoms with van der Waals surface area (Å²) in [4.78, 5) is 7.56. The van der Waals surface area contributed by atoms with E-state index in [1.54, 1.807) is 24.3 Å². The second-order valence-corrected chi connectivity index (χ2v) is 4.59. The second-order valence-electron chi connectivity index (χ2n) is 4.59. The van der Waals surface area contributed by atoms with E-state index in [4.69, 9.17) is 10.8 Å². The first-order valence-electron chi connectivity index (χ1n) is 6.52. The van der Waals surface area contributed by atoms with Crippen LogP contribution in [0.1, 0.15) is 11.1 Å². The minimum Gasteiger partial charge on any atom is -0.241 e. The van der Waals surface area contributed by atoms with Gasteiger partial charge in [-0.3, -0.25) is 0 Å². The highest BCUT2D eigenvalue weighted by atomic mass is 15.1. The Bertz CT molecular complexity index is 755. The number of hydrogen-bond donors (Lipinski definition) is 2. The number of azo groups is 1. The van der Waals surface area contributed by atoms with Crippen molar-refractivity contribution < 1.29 is 0 Å². The predicted molar refractivity (Wildman–Crippen MR) is 86.2 cm³/mol. The van der Waals surface area contributed by atoms with Crippen molar-refractivity contribution in [3.8, 4) is 0 Å². The molecule has 0 saturated heterocycles. The van der Waals surface area contributed by atoms with Crippen molar-refractivity contribution in [3.05, 3.63) is 47.5 Å². The van der Waals surface area contributed by atoms with Gasteiger partial charge in [-0.1, -0.05) is 0 Å². The molecule has 0 aliphatic heterocycles. The molecular formula is C16H14N6. The maximum atomic E-state index is 6.85. The van der Waals surface area contributed by atoms with E-state index in [0.29, 0.717) is 11.4 Å². The minimum absolute atomic E-state index is 0.663. The van der Waals surface area contributed by atoms with Crippen LogP contribution in [0, 0.1) is 24.7 Å². The summed E-state index contributed by atoms with van der Waals surface area (Å²) in [6.45, 7) is 3.82. The third kappa shape index (κ3) is 3.67. The largest absolute Gasteiger partial charge is 0.241 e. The van der Waals surface area contributed by atoms with Crippen molar-refractivity contribution in [1.29, 1.82) is 10.8 Å². The quantitative estimate of drug-likeness (QED) is 0.550.